The van der Waals surface area contributed by atoms with E-state index >= 15 is 0 Å². The minimum Gasteiger partial charge on any atom is -0.490 e. The molecule has 1 atom stereocenters. The van der Waals surface area contributed by atoms with Crippen LogP contribution in [0.2, 0.25) is 0 Å². The molecule has 0 saturated heterocycles. The Bertz CT molecular complexity index is 369. The summed E-state index contributed by atoms with van der Waals surface area (Å²) in [6.07, 6.45) is 0.182. The molecule has 1 unspecified atom stereocenters. The van der Waals surface area contributed by atoms with E-state index in [0.717, 1.165) is 0 Å². The van der Waals surface area contributed by atoms with Crippen molar-refractivity contribution in [3.63, 3.8) is 0 Å². The van der Waals surface area contributed by atoms with E-state index in [-0.39, 0.29) is 30.7 Å². The average molecular weight is 240 g/mol. The Morgan fingerprint density at radius 1 is 1.53 bits per heavy atom. The van der Waals surface area contributed by atoms with Gasteiger partial charge in [0.2, 0.25) is 5.91 Å². The maximum atomic E-state index is 13.1. The summed E-state index contributed by atoms with van der Waals surface area (Å²) < 4.78 is 18.3. The molecule has 0 saturated carbocycles. The van der Waals surface area contributed by atoms with Crippen molar-refractivity contribution in [3.05, 3.63) is 30.1 Å². The molecule has 5 heteroatoms. The van der Waals surface area contributed by atoms with Crippen molar-refractivity contribution in [1.82, 2.24) is 5.32 Å². The monoisotopic (exact) mass is 240 g/mol. The SMILES string of the molecule is CC(N)CNC(=O)CCOc1ccccc1F. The molecule has 0 fully saturated rings. The number of ether oxygens (including phenoxy) is 1. The molecule has 0 aliphatic heterocycles. The average Bonchev–Trinajstić information content (AvgIpc) is 2.29. The van der Waals surface area contributed by atoms with E-state index < -0.39 is 5.82 Å². The van der Waals surface area contributed by atoms with Crippen molar-refractivity contribution in [2.75, 3.05) is 13.2 Å². The smallest absolute Gasteiger partial charge is 0.223 e. The van der Waals surface area contributed by atoms with Crippen LogP contribution in [0.1, 0.15) is 13.3 Å². The first kappa shape index (κ1) is 13.4. The summed E-state index contributed by atoms with van der Waals surface area (Å²) in [4.78, 5) is 11.3. The number of benzene rings is 1. The van der Waals surface area contributed by atoms with E-state index in [1.165, 1.54) is 12.1 Å². The first-order chi connectivity index (χ1) is 8.09. The summed E-state index contributed by atoms with van der Waals surface area (Å²) in [6.45, 7) is 2.38. The molecule has 0 aromatic heterocycles. The van der Waals surface area contributed by atoms with Gasteiger partial charge in [-0.1, -0.05) is 12.1 Å². The minimum absolute atomic E-state index is 0.0774. The van der Waals surface area contributed by atoms with Crippen LogP contribution in [0.15, 0.2) is 24.3 Å². The number of amides is 1. The number of rotatable bonds is 6. The van der Waals surface area contributed by atoms with E-state index in [0.29, 0.717) is 6.54 Å². The van der Waals surface area contributed by atoms with Gasteiger partial charge in [-0.25, -0.2) is 4.39 Å². The highest BCUT2D eigenvalue weighted by Gasteiger charge is 2.05. The Balaban J connectivity index is 2.24. The molecule has 1 amide bonds. The molecule has 0 radical (unpaired) electrons. The molecule has 0 aliphatic rings. The molecule has 1 aromatic rings. The van der Waals surface area contributed by atoms with Gasteiger partial charge in [0.05, 0.1) is 13.0 Å². The van der Waals surface area contributed by atoms with Crippen molar-refractivity contribution in [2.45, 2.75) is 19.4 Å². The summed E-state index contributed by atoms with van der Waals surface area (Å²) in [5.41, 5.74) is 5.48. The molecule has 0 aliphatic carbocycles. The summed E-state index contributed by atoms with van der Waals surface area (Å²) in [6, 6.07) is 6.01. The molecule has 94 valence electrons. The van der Waals surface area contributed by atoms with Gasteiger partial charge >= 0.3 is 0 Å². The molecular formula is C12H17FN2O2. The zero-order valence-corrected chi connectivity index (χ0v) is 9.78. The molecule has 0 heterocycles. The zero-order valence-electron chi connectivity index (χ0n) is 9.78. The molecule has 0 spiro atoms. The van der Waals surface area contributed by atoms with Crippen LogP contribution in [0, 0.1) is 5.82 Å². The maximum absolute atomic E-state index is 13.1. The third-order valence-corrected chi connectivity index (χ3v) is 2.04. The number of hydrogen-bond acceptors (Lipinski definition) is 3. The fraction of sp³-hybridized carbons (Fsp3) is 0.417. The Morgan fingerprint density at radius 3 is 2.88 bits per heavy atom. The number of nitrogens with two attached hydrogens (primary N) is 1. The topological polar surface area (TPSA) is 64.3 Å². The second-order valence-electron chi connectivity index (χ2n) is 3.81. The van der Waals surface area contributed by atoms with Crippen LogP contribution in [-0.2, 0) is 4.79 Å². The number of hydrogen-bond donors (Lipinski definition) is 2. The lowest BCUT2D eigenvalue weighted by Crippen LogP contribution is -2.35. The van der Waals surface area contributed by atoms with Crippen molar-refractivity contribution < 1.29 is 13.9 Å². The standard InChI is InChI=1S/C12H17FN2O2/c1-9(14)8-15-12(16)6-7-17-11-5-3-2-4-10(11)13/h2-5,9H,6-8,14H2,1H3,(H,15,16). The zero-order chi connectivity index (χ0) is 12.7. The van der Waals surface area contributed by atoms with Crippen LogP contribution in [0.4, 0.5) is 4.39 Å². The quantitative estimate of drug-likeness (QED) is 0.781. The molecule has 17 heavy (non-hydrogen) atoms. The second kappa shape index (κ2) is 6.85. The minimum atomic E-state index is -0.427. The van der Waals surface area contributed by atoms with E-state index in [1.54, 1.807) is 19.1 Å². The fourth-order valence-corrected chi connectivity index (χ4v) is 1.18. The highest BCUT2D eigenvalue weighted by Crippen LogP contribution is 2.15. The first-order valence-corrected chi connectivity index (χ1v) is 5.49. The van der Waals surface area contributed by atoms with Gasteiger partial charge in [0.1, 0.15) is 0 Å². The van der Waals surface area contributed by atoms with Crippen LogP contribution in [0.25, 0.3) is 0 Å². The third-order valence-electron chi connectivity index (χ3n) is 2.04. The van der Waals surface area contributed by atoms with Gasteiger partial charge in [0.25, 0.3) is 0 Å². The normalized spacial score (nSPS) is 11.9. The molecule has 4 nitrogen and oxygen atoms in total. The Kier molecular flexibility index (Phi) is 5.42. The predicted molar refractivity (Wildman–Crippen MR) is 63.2 cm³/mol. The number of halogens is 1. The van der Waals surface area contributed by atoms with Crippen molar-refractivity contribution in [2.24, 2.45) is 5.73 Å². The van der Waals surface area contributed by atoms with E-state index in [4.69, 9.17) is 10.5 Å². The summed E-state index contributed by atoms with van der Waals surface area (Å²) in [5.74, 6) is -0.422. The number of para-hydroxylation sites is 1. The van der Waals surface area contributed by atoms with Crippen LogP contribution in [0.5, 0.6) is 5.75 Å². The molecule has 0 bridgehead atoms. The summed E-state index contributed by atoms with van der Waals surface area (Å²) in [5, 5.41) is 2.65. The van der Waals surface area contributed by atoms with Crippen LogP contribution in [0.3, 0.4) is 0 Å². The maximum Gasteiger partial charge on any atom is 0.223 e. The molecule has 3 N–H and O–H groups in total. The lowest BCUT2D eigenvalue weighted by atomic mass is 10.3. The Hall–Kier alpha value is -1.62. The predicted octanol–water partition coefficient (Wildman–Crippen LogP) is 1.06. The third kappa shape index (κ3) is 5.31. The van der Waals surface area contributed by atoms with Gasteiger partial charge < -0.3 is 15.8 Å². The Labute approximate surface area is 100.0 Å². The molecular weight excluding hydrogens is 223 g/mol. The second-order valence-corrected chi connectivity index (χ2v) is 3.81. The molecule has 1 rings (SSSR count). The summed E-state index contributed by atoms with van der Waals surface area (Å²) >= 11 is 0. The van der Waals surface area contributed by atoms with Crippen molar-refractivity contribution in [1.29, 1.82) is 0 Å². The van der Waals surface area contributed by atoms with E-state index in [9.17, 15) is 9.18 Å². The highest BCUT2D eigenvalue weighted by atomic mass is 19.1. The van der Waals surface area contributed by atoms with Crippen LogP contribution >= 0.6 is 0 Å². The van der Waals surface area contributed by atoms with Gasteiger partial charge in [0, 0.05) is 12.6 Å². The summed E-state index contributed by atoms with van der Waals surface area (Å²) in [7, 11) is 0. The van der Waals surface area contributed by atoms with Gasteiger partial charge in [0.15, 0.2) is 11.6 Å². The van der Waals surface area contributed by atoms with E-state index in [1.807, 2.05) is 0 Å². The van der Waals surface area contributed by atoms with Gasteiger partial charge in [-0.05, 0) is 19.1 Å². The van der Waals surface area contributed by atoms with Gasteiger partial charge in [-0.2, -0.15) is 0 Å². The van der Waals surface area contributed by atoms with E-state index in [2.05, 4.69) is 5.32 Å². The lowest BCUT2D eigenvalue weighted by Gasteiger charge is -2.09. The van der Waals surface area contributed by atoms with Gasteiger partial charge in [-0.3, -0.25) is 4.79 Å². The first-order valence-electron chi connectivity index (χ1n) is 5.49. The van der Waals surface area contributed by atoms with Gasteiger partial charge in [-0.15, -0.1) is 0 Å². The lowest BCUT2D eigenvalue weighted by molar-refractivity contribution is -0.121. The van der Waals surface area contributed by atoms with Crippen molar-refractivity contribution in [3.8, 4) is 5.75 Å². The van der Waals surface area contributed by atoms with Crippen molar-refractivity contribution >= 4 is 5.91 Å². The molecule has 1 aromatic carbocycles. The number of carbonyl (C=O) groups excluding carboxylic acids is 1. The number of carbonyl (C=O) groups is 1. The largest absolute Gasteiger partial charge is 0.490 e. The van der Waals surface area contributed by atoms with Crippen LogP contribution < -0.4 is 15.8 Å². The fourth-order valence-electron chi connectivity index (χ4n) is 1.18. The Morgan fingerprint density at radius 2 is 2.24 bits per heavy atom. The van der Waals surface area contributed by atoms with Crippen LogP contribution in [-0.4, -0.2) is 25.1 Å². The highest BCUT2D eigenvalue weighted by molar-refractivity contribution is 5.76. The number of nitrogens with one attached hydrogen (secondary N) is 1.